The molecule has 2 amide bonds. The van der Waals surface area contributed by atoms with E-state index in [2.05, 4.69) is 10.3 Å². The van der Waals surface area contributed by atoms with Gasteiger partial charge in [-0.2, -0.15) is 0 Å². The number of pyridine rings is 1. The molecule has 3 rings (SSSR count). The Balaban J connectivity index is 1.41. The molecule has 6 nitrogen and oxygen atoms in total. The molecule has 0 aliphatic carbocycles. The van der Waals surface area contributed by atoms with Crippen LogP contribution in [0.5, 0.6) is 0 Å². The quantitative estimate of drug-likeness (QED) is 0.714. The van der Waals surface area contributed by atoms with E-state index in [1.54, 1.807) is 18.3 Å². The molecule has 0 saturated carbocycles. The average Bonchev–Trinajstić information content (AvgIpc) is 3.27. The molecule has 0 spiro atoms. The van der Waals surface area contributed by atoms with Gasteiger partial charge in [0.05, 0.1) is 0 Å². The second-order valence-electron chi connectivity index (χ2n) is 7.00. The summed E-state index contributed by atoms with van der Waals surface area (Å²) in [5, 5.41) is 2.80. The van der Waals surface area contributed by atoms with Crippen molar-refractivity contribution >= 4 is 23.3 Å². The minimum Gasteiger partial charge on any atom is -0.343 e. The number of likely N-dealkylation sites (tertiary alicyclic amines) is 1. The lowest BCUT2D eigenvalue weighted by atomic mass is 10.1. The molecule has 0 unspecified atom stereocenters. The highest BCUT2D eigenvalue weighted by molar-refractivity contribution is 5.99. The molecular formula is C22H25N3O3. The van der Waals surface area contributed by atoms with Crippen molar-refractivity contribution in [3.05, 3.63) is 59.9 Å². The molecule has 0 atom stereocenters. The van der Waals surface area contributed by atoms with Crippen LogP contribution < -0.4 is 5.32 Å². The van der Waals surface area contributed by atoms with Crippen LogP contribution in [0.3, 0.4) is 0 Å². The highest BCUT2D eigenvalue weighted by Crippen LogP contribution is 2.14. The molecule has 0 radical (unpaired) electrons. The van der Waals surface area contributed by atoms with Crippen LogP contribution >= 0.6 is 0 Å². The molecule has 1 aliphatic heterocycles. The van der Waals surface area contributed by atoms with Gasteiger partial charge in [0.2, 0.25) is 11.8 Å². The third kappa shape index (κ3) is 5.74. The van der Waals surface area contributed by atoms with Crippen LogP contribution in [-0.2, 0) is 16.0 Å². The summed E-state index contributed by atoms with van der Waals surface area (Å²) < 4.78 is 0. The van der Waals surface area contributed by atoms with Gasteiger partial charge in [0.1, 0.15) is 0 Å². The fraction of sp³-hybridized carbons (Fsp3) is 0.364. The first-order valence-corrected chi connectivity index (χ1v) is 9.71. The Morgan fingerprint density at radius 3 is 2.39 bits per heavy atom. The average molecular weight is 379 g/mol. The standard InChI is InChI=1S/C22H25N3O3/c26-20(18-4-3-13-23-16-18)10-11-21(27)24-19-8-5-17(6-9-19)7-12-22(28)25-14-1-2-15-25/h3-6,8-9,13,16H,1-2,7,10-12,14-15H2,(H,24,27). The van der Waals surface area contributed by atoms with Gasteiger partial charge in [0.15, 0.2) is 5.78 Å². The maximum Gasteiger partial charge on any atom is 0.224 e. The Morgan fingerprint density at radius 1 is 0.964 bits per heavy atom. The summed E-state index contributed by atoms with van der Waals surface area (Å²) in [4.78, 5) is 42.0. The Hall–Kier alpha value is -3.02. The molecule has 1 N–H and O–H groups in total. The number of aromatic nitrogens is 1. The van der Waals surface area contributed by atoms with Crippen molar-refractivity contribution in [1.82, 2.24) is 9.88 Å². The van der Waals surface area contributed by atoms with Gasteiger partial charge in [-0.05, 0) is 49.1 Å². The van der Waals surface area contributed by atoms with E-state index in [4.69, 9.17) is 0 Å². The predicted octanol–water partition coefficient (Wildman–Crippen LogP) is 3.24. The second kappa shape index (κ2) is 9.78. The summed E-state index contributed by atoms with van der Waals surface area (Å²) in [5.41, 5.74) is 2.27. The second-order valence-corrected chi connectivity index (χ2v) is 7.00. The maximum absolute atomic E-state index is 12.1. The minimum atomic E-state index is -0.200. The summed E-state index contributed by atoms with van der Waals surface area (Å²) in [6, 6.07) is 10.9. The van der Waals surface area contributed by atoms with Gasteiger partial charge in [0, 0.05) is 56.0 Å². The van der Waals surface area contributed by atoms with Crippen LogP contribution in [0.4, 0.5) is 5.69 Å². The number of hydrogen-bond donors (Lipinski definition) is 1. The fourth-order valence-electron chi connectivity index (χ4n) is 3.25. The van der Waals surface area contributed by atoms with E-state index in [0.29, 0.717) is 24.1 Å². The maximum atomic E-state index is 12.1. The van der Waals surface area contributed by atoms with Gasteiger partial charge in [-0.1, -0.05) is 12.1 Å². The molecule has 1 aliphatic rings. The molecule has 1 saturated heterocycles. The Bertz CT molecular complexity index is 813. The summed E-state index contributed by atoms with van der Waals surface area (Å²) >= 11 is 0. The van der Waals surface area contributed by atoms with Gasteiger partial charge in [-0.25, -0.2) is 0 Å². The lowest BCUT2D eigenvalue weighted by Gasteiger charge is -2.15. The first kappa shape index (κ1) is 19.7. The van der Waals surface area contributed by atoms with E-state index in [1.807, 2.05) is 29.2 Å². The Morgan fingerprint density at radius 2 is 1.71 bits per heavy atom. The summed E-state index contributed by atoms with van der Waals surface area (Å²) in [6.45, 7) is 1.76. The van der Waals surface area contributed by atoms with Gasteiger partial charge in [-0.3, -0.25) is 19.4 Å². The van der Waals surface area contributed by atoms with Crippen molar-refractivity contribution in [2.75, 3.05) is 18.4 Å². The molecule has 146 valence electrons. The lowest BCUT2D eigenvalue weighted by molar-refractivity contribution is -0.130. The fourth-order valence-corrected chi connectivity index (χ4v) is 3.25. The van der Waals surface area contributed by atoms with Crippen molar-refractivity contribution in [2.24, 2.45) is 0 Å². The molecule has 0 bridgehead atoms. The summed E-state index contributed by atoms with van der Waals surface area (Å²) in [5.74, 6) is -0.0800. The highest BCUT2D eigenvalue weighted by atomic mass is 16.2. The number of nitrogens with zero attached hydrogens (tertiary/aromatic N) is 2. The molecular weight excluding hydrogens is 354 g/mol. The van der Waals surface area contributed by atoms with E-state index >= 15 is 0 Å². The number of nitrogens with one attached hydrogen (secondary N) is 1. The zero-order chi connectivity index (χ0) is 19.8. The summed E-state index contributed by atoms with van der Waals surface area (Å²) in [7, 11) is 0. The third-order valence-electron chi connectivity index (χ3n) is 4.89. The number of carbonyl (C=O) groups is 3. The molecule has 1 aromatic carbocycles. The van der Waals surface area contributed by atoms with Gasteiger partial charge in [-0.15, -0.1) is 0 Å². The number of ketones is 1. The van der Waals surface area contributed by atoms with Crippen molar-refractivity contribution in [3.8, 4) is 0 Å². The van der Waals surface area contributed by atoms with Crippen molar-refractivity contribution in [1.29, 1.82) is 0 Å². The van der Waals surface area contributed by atoms with Crippen LogP contribution in [0.2, 0.25) is 0 Å². The predicted molar refractivity (Wildman–Crippen MR) is 107 cm³/mol. The first-order valence-electron chi connectivity index (χ1n) is 9.71. The number of anilines is 1. The smallest absolute Gasteiger partial charge is 0.224 e. The lowest BCUT2D eigenvalue weighted by Crippen LogP contribution is -2.27. The number of hydrogen-bond acceptors (Lipinski definition) is 4. The number of carbonyl (C=O) groups excluding carboxylic acids is 3. The molecule has 1 fully saturated rings. The van der Waals surface area contributed by atoms with Crippen LogP contribution in [0.25, 0.3) is 0 Å². The molecule has 2 aromatic rings. The number of rotatable bonds is 8. The van der Waals surface area contributed by atoms with E-state index in [1.165, 1.54) is 6.20 Å². The van der Waals surface area contributed by atoms with E-state index in [0.717, 1.165) is 31.5 Å². The van der Waals surface area contributed by atoms with Crippen LogP contribution in [0.15, 0.2) is 48.8 Å². The normalized spacial score (nSPS) is 13.4. The van der Waals surface area contributed by atoms with E-state index < -0.39 is 0 Å². The number of benzene rings is 1. The monoisotopic (exact) mass is 379 g/mol. The molecule has 1 aromatic heterocycles. The minimum absolute atomic E-state index is 0.0960. The highest BCUT2D eigenvalue weighted by Gasteiger charge is 2.17. The van der Waals surface area contributed by atoms with E-state index in [9.17, 15) is 14.4 Å². The molecule has 2 heterocycles. The van der Waals surface area contributed by atoms with Crippen LogP contribution in [0, 0.1) is 0 Å². The van der Waals surface area contributed by atoms with Gasteiger partial charge >= 0.3 is 0 Å². The first-order chi connectivity index (χ1) is 13.6. The zero-order valence-electron chi connectivity index (χ0n) is 15.9. The van der Waals surface area contributed by atoms with Gasteiger partial charge < -0.3 is 10.2 Å². The summed E-state index contributed by atoms with van der Waals surface area (Å²) in [6.07, 6.45) is 6.81. The topological polar surface area (TPSA) is 79.4 Å². The van der Waals surface area contributed by atoms with Crippen LogP contribution in [0.1, 0.15) is 48.0 Å². The largest absolute Gasteiger partial charge is 0.343 e. The Kier molecular flexibility index (Phi) is 6.89. The molecule has 6 heteroatoms. The van der Waals surface area contributed by atoms with E-state index in [-0.39, 0.29) is 30.4 Å². The van der Waals surface area contributed by atoms with Crippen molar-refractivity contribution in [3.63, 3.8) is 0 Å². The number of Topliss-reactive ketones (excluding diaryl/α,β-unsaturated/α-hetero) is 1. The third-order valence-corrected chi connectivity index (χ3v) is 4.89. The SMILES string of the molecule is O=C(CCC(=O)c1cccnc1)Nc1ccc(CCC(=O)N2CCCC2)cc1. The zero-order valence-corrected chi connectivity index (χ0v) is 15.9. The molecule has 28 heavy (non-hydrogen) atoms. The van der Waals surface area contributed by atoms with Crippen molar-refractivity contribution in [2.45, 2.75) is 38.5 Å². The van der Waals surface area contributed by atoms with Crippen LogP contribution in [-0.4, -0.2) is 40.6 Å². The number of amides is 2. The number of aryl methyl sites for hydroxylation is 1. The Labute approximate surface area is 165 Å². The van der Waals surface area contributed by atoms with Gasteiger partial charge in [0.25, 0.3) is 0 Å². The van der Waals surface area contributed by atoms with Crippen molar-refractivity contribution < 1.29 is 14.4 Å².